The molecule has 2 aromatic carbocycles. The fraction of sp³-hybridized carbons (Fsp3) is 0.125. The van der Waals surface area contributed by atoms with Gasteiger partial charge in [0.2, 0.25) is 0 Å². The van der Waals surface area contributed by atoms with Crippen LogP contribution in [0.4, 0.5) is 4.39 Å². The molecule has 6 nitrogen and oxygen atoms in total. The van der Waals surface area contributed by atoms with Gasteiger partial charge in [-0.2, -0.15) is 10.4 Å². The topological polar surface area (TPSA) is 72.8 Å². The van der Waals surface area contributed by atoms with E-state index in [9.17, 15) is 14.4 Å². The van der Waals surface area contributed by atoms with Crippen LogP contribution in [0.3, 0.4) is 0 Å². The largest absolute Gasteiger partial charge is 0.496 e. The number of benzene rings is 2. The van der Waals surface area contributed by atoms with Crippen molar-refractivity contribution in [3.05, 3.63) is 88.4 Å². The molecule has 0 aliphatic rings. The minimum absolute atomic E-state index is 0.0823. The summed E-state index contributed by atoms with van der Waals surface area (Å²) >= 11 is 0. The van der Waals surface area contributed by atoms with Crippen LogP contribution in [0, 0.1) is 24.1 Å². The van der Waals surface area contributed by atoms with Crippen molar-refractivity contribution in [2.24, 2.45) is 7.05 Å². The molecule has 0 unspecified atom stereocenters. The maximum Gasteiger partial charge on any atom is 0.250 e. The Morgan fingerprint density at radius 1 is 1.10 bits per heavy atom. The van der Waals surface area contributed by atoms with E-state index in [0.29, 0.717) is 5.69 Å². The summed E-state index contributed by atoms with van der Waals surface area (Å²) in [6.45, 7) is 1.95. The summed E-state index contributed by atoms with van der Waals surface area (Å²) in [7, 11) is 3.28. The molecule has 0 saturated carbocycles. The highest BCUT2D eigenvalue weighted by atomic mass is 19.1. The zero-order valence-electron chi connectivity index (χ0n) is 17.3. The Morgan fingerprint density at radius 2 is 1.90 bits per heavy atom. The van der Waals surface area contributed by atoms with E-state index in [1.807, 2.05) is 31.2 Å². The molecule has 0 amide bonds. The molecular weight excluding hydrogens is 395 g/mol. The molecule has 4 rings (SSSR count). The number of methoxy groups -OCH3 is 1. The third kappa shape index (κ3) is 3.60. The molecule has 0 aliphatic carbocycles. The van der Waals surface area contributed by atoms with Gasteiger partial charge in [0.05, 0.1) is 19.0 Å². The maximum atomic E-state index is 14.0. The highest BCUT2D eigenvalue weighted by Gasteiger charge is 2.16. The highest BCUT2D eigenvalue weighted by Crippen LogP contribution is 2.34. The predicted octanol–water partition coefficient (Wildman–Crippen LogP) is 4.23. The van der Waals surface area contributed by atoms with Crippen LogP contribution < -0.4 is 10.3 Å². The van der Waals surface area contributed by atoms with Crippen molar-refractivity contribution in [2.45, 2.75) is 6.92 Å². The van der Waals surface area contributed by atoms with Crippen LogP contribution in [0.1, 0.15) is 11.1 Å². The zero-order valence-corrected chi connectivity index (χ0v) is 17.3. The lowest BCUT2D eigenvalue weighted by molar-refractivity contribution is 0.412. The van der Waals surface area contributed by atoms with E-state index in [0.717, 1.165) is 33.6 Å². The molecule has 0 saturated heterocycles. The number of nitriles is 1. The van der Waals surface area contributed by atoms with E-state index >= 15 is 0 Å². The summed E-state index contributed by atoms with van der Waals surface area (Å²) < 4.78 is 22.4. The SMILES string of the molecule is COc1cc(-c2cc(=O)n(C)cc2-c2cnn(-c3cccc(F)c3C#N)c2)ccc1C. The standard InChI is InChI=1S/C24H19FN4O2/c1-15-7-8-16(9-23(15)31-3)18-10-24(30)28(2)14-20(18)17-12-27-29(13-17)22-6-4-5-21(25)19(22)11-26/h4-10,12-14H,1-3H3. The second-order valence-electron chi connectivity index (χ2n) is 7.15. The van der Waals surface area contributed by atoms with Gasteiger partial charge < -0.3 is 9.30 Å². The maximum absolute atomic E-state index is 14.0. The summed E-state index contributed by atoms with van der Waals surface area (Å²) in [5, 5.41) is 13.7. The van der Waals surface area contributed by atoms with Gasteiger partial charge in [-0.1, -0.05) is 18.2 Å². The molecule has 31 heavy (non-hydrogen) atoms. The van der Waals surface area contributed by atoms with Gasteiger partial charge in [-0.25, -0.2) is 9.07 Å². The fourth-order valence-corrected chi connectivity index (χ4v) is 3.49. The van der Waals surface area contributed by atoms with E-state index in [2.05, 4.69) is 5.10 Å². The molecule has 0 bridgehead atoms. The van der Waals surface area contributed by atoms with Crippen molar-refractivity contribution >= 4 is 0 Å². The third-order valence-corrected chi connectivity index (χ3v) is 5.19. The van der Waals surface area contributed by atoms with Crippen LogP contribution in [-0.4, -0.2) is 21.5 Å². The van der Waals surface area contributed by atoms with E-state index < -0.39 is 5.82 Å². The average molecular weight is 414 g/mol. The first-order valence-electron chi connectivity index (χ1n) is 9.52. The molecule has 4 aromatic rings. The first-order valence-corrected chi connectivity index (χ1v) is 9.52. The van der Waals surface area contributed by atoms with Crippen LogP contribution in [0.15, 0.2) is 65.8 Å². The van der Waals surface area contributed by atoms with E-state index in [-0.39, 0.29) is 11.1 Å². The molecule has 0 fully saturated rings. The van der Waals surface area contributed by atoms with Crippen LogP contribution in [-0.2, 0) is 7.05 Å². The minimum atomic E-state index is -0.605. The van der Waals surface area contributed by atoms with E-state index in [1.54, 1.807) is 44.9 Å². The number of hydrogen-bond acceptors (Lipinski definition) is 4. The monoisotopic (exact) mass is 414 g/mol. The molecule has 7 heteroatoms. The highest BCUT2D eigenvalue weighted by molar-refractivity contribution is 5.83. The van der Waals surface area contributed by atoms with Crippen molar-refractivity contribution in [3.63, 3.8) is 0 Å². The smallest absolute Gasteiger partial charge is 0.250 e. The van der Waals surface area contributed by atoms with Gasteiger partial charge in [-0.15, -0.1) is 0 Å². The number of nitrogens with zero attached hydrogens (tertiary/aromatic N) is 4. The summed E-state index contributed by atoms with van der Waals surface area (Å²) in [5.74, 6) is 0.116. The quantitative estimate of drug-likeness (QED) is 0.501. The number of aromatic nitrogens is 3. The molecule has 2 heterocycles. The molecule has 0 atom stereocenters. The Balaban J connectivity index is 1.89. The van der Waals surface area contributed by atoms with Gasteiger partial charge in [0.1, 0.15) is 23.2 Å². The first kappa shape index (κ1) is 20.1. The molecule has 0 radical (unpaired) electrons. The Labute approximate surface area is 178 Å². The Hall–Kier alpha value is -4.18. The molecule has 0 spiro atoms. The second kappa shape index (κ2) is 7.92. The number of hydrogen-bond donors (Lipinski definition) is 0. The lowest BCUT2D eigenvalue weighted by Crippen LogP contribution is -2.15. The second-order valence-corrected chi connectivity index (χ2v) is 7.15. The van der Waals surface area contributed by atoms with Crippen LogP contribution in [0.5, 0.6) is 5.75 Å². The molecule has 2 aromatic heterocycles. The normalized spacial score (nSPS) is 10.7. The van der Waals surface area contributed by atoms with Crippen molar-refractivity contribution < 1.29 is 9.13 Å². The zero-order chi connectivity index (χ0) is 22.1. The number of halogens is 1. The van der Waals surface area contributed by atoms with Crippen molar-refractivity contribution in [1.29, 1.82) is 5.26 Å². The Bertz CT molecular complexity index is 1400. The van der Waals surface area contributed by atoms with Gasteiger partial charge in [-0.05, 0) is 41.8 Å². The first-order chi connectivity index (χ1) is 14.9. The summed E-state index contributed by atoms with van der Waals surface area (Å²) in [4.78, 5) is 12.4. The van der Waals surface area contributed by atoms with Crippen molar-refractivity contribution in [2.75, 3.05) is 7.11 Å². The fourth-order valence-electron chi connectivity index (χ4n) is 3.49. The number of pyridine rings is 1. The van der Waals surface area contributed by atoms with Crippen LogP contribution in [0.25, 0.3) is 27.9 Å². The number of ether oxygens (including phenoxy) is 1. The lowest BCUT2D eigenvalue weighted by Gasteiger charge is -2.12. The van der Waals surface area contributed by atoms with Crippen molar-refractivity contribution in [3.8, 4) is 39.8 Å². The van der Waals surface area contributed by atoms with Gasteiger partial charge in [0, 0.05) is 36.6 Å². The van der Waals surface area contributed by atoms with Gasteiger partial charge in [-0.3, -0.25) is 4.79 Å². The van der Waals surface area contributed by atoms with Gasteiger partial charge >= 0.3 is 0 Å². The minimum Gasteiger partial charge on any atom is -0.496 e. The van der Waals surface area contributed by atoms with Gasteiger partial charge in [0.15, 0.2) is 0 Å². The Kier molecular flexibility index (Phi) is 5.14. The summed E-state index contributed by atoms with van der Waals surface area (Å²) in [6.07, 6.45) is 5.08. The molecule has 0 aliphatic heterocycles. The summed E-state index contributed by atoms with van der Waals surface area (Å²) in [6, 6.07) is 13.6. The van der Waals surface area contributed by atoms with Crippen LogP contribution in [0.2, 0.25) is 0 Å². The van der Waals surface area contributed by atoms with Crippen molar-refractivity contribution in [1.82, 2.24) is 14.3 Å². The summed E-state index contributed by atoms with van der Waals surface area (Å²) in [5.41, 5.74) is 4.14. The van der Waals surface area contributed by atoms with Gasteiger partial charge in [0.25, 0.3) is 5.56 Å². The molecular formula is C24H19FN4O2. The van der Waals surface area contributed by atoms with E-state index in [1.165, 1.54) is 21.4 Å². The van der Waals surface area contributed by atoms with Crippen LogP contribution >= 0.6 is 0 Å². The predicted molar refractivity (Wildman–Crippen MR) is 116 cm³/mol. The molecule has 154 valence electrons. The molecule has 0 N–H and O–H groups in total. The average Bonchev–Trinajstić information content (AvgIpc) is 3.25. The van der Waals surface area contributed by atoms with E-state index in [4.69, 9.17) is 4.74 Å². The lowest BCUT2D eigenvalue weighted by atomic mass is 9.97. The number of aryl methyl sites for hydroxylation is 2. The number of rotatable bonds is 4. The third-order valence-electron chi connectivity index (χ3n) is 5.19. The Morgan fingerprint density at radius 3 is 2.65 bits per heavy atom.